The minimum Gasteiger partial charge on any atom is -0.310 e. The van der Waals surface area contributed by atoms with E-state index in [-0.39, 0.29) is 0 Å². The van der Waals surface area contributed by atoms with Crippen LogP contribution in [0.15, 0.2) is 133 Å². The van der Waals surface area contributed by atoms with Gasteiger partial charge in [0.1, 0.15) is 0 Å². The lowest BCUT2D eigenvalue weighted by Gasteiger charge is -2.28. The van der Waals surface area contributed by atoms with Crippen molar-refractivity contribution in [2.75, 3.05) is 4.90 Å². The molecule has 0 spiro atoms. The Kier molecular flexibility index (Phi) is 5.25. The summed E-state index contributed by atoms with van der Waals surface area (Å²) >= 11 is 6.46. The quantitative estimate of drug-likeness (QED) is 0.239. The van der Waals surface area contributed by atoms with Gasteiger partial charge >= 0.3 is 0 Å². The van der Waals surface area contributed by atoms with Crippen molar-refractivity contribution in [3.63, 3.8) is 0 Å². The molecule has 0 saturated carbocycles. The first-order chi connectivity index (χ1) is 16.8. The summed E-state index contributed by atoms with van der Waals surface area (Å²) in [6.07, 6.45) is 0. The van der Waals surface area contributed by atoms with Crippen LogP contribution < -0.4 is 4.90 Å². The van der Waals surface area contributed by atoms with E-state index < -0.39 is 0 Å². The molecule has 0 unspecified atom stereocenters. The van der Waals surface area contributed by atoms with Crippen molar-refractivity contribution in [1.82, 2.24) is 0 Å². The number of hydrogen-bond donors (Lipinski definition) is 0. The van der Waals surface area contributed by atoms with Crippen molar-refractivity contribution >= 4 is 50.2 Å². The average Bonchev–Trinajstić information content (AvgIpc) is 2.90. The smallest absolute Gasteiger partial charge is 0.0546 e. The van der Waals surface area contributed by atoms with Gasteiger partial charge in [-0.3, -0.25) is 0 Å². The molecular weight excluding hydrogens is 434 g/mol. The maximum atomic E-state index is 6.46. The number of anilines is 3. The second-order valence-electron chi connectivity index (χ2n) is 8.39. The average molecular weight is 456 g/mol. The second-order valence-corrected chi connectivity index (χ2v) is 8.83. The third-order valence-corrected chi connectivity index (χ3v) is 6.52. The largest absolute Gasteiger partial charge is 0.310 e. The highest BCUT2D eigenvalue weighted by Crippen LogP contribution is 2.42. The summed E-state index contributed by atoms with van der Waals surface area (Å²) in [5.74, 6) is 0. The van der Waals surface area contributed by atoms with Gasteiger partial charge in [-0.25, -0.2) is 0 Å². The number of hydrogen-bond acceptors (Lipinski definition) is 1. The zero-order valence-electron chi connectivity index (χ0n) is 18.5. The van der Waals surface area contributed by atoms with Crippen LogP contribution in [0.5, 0.6) is 0 Å². The lowest BCUT2D eigenvalue weighted by molar-refractivity contribution is 1.30. The van der Waals surface area contributed by atoms with Crippen LogP contribution in [-0.4, -0.2) is 0 Å². The van der Waals surface area contributed by atoms with Gasteiger partial charge in [0.25, 0.3) is 0 Å². The SMILES string of the molecule is Clc1cccc(N(c2ccc(-c3ccccc3)cc2)c2cc3ccccc3c3ccccc23)c1. The van der Waals surface area contributed by atoms with Gasteiger partial charge < -0.3 is 4.90 Å². The monoisotopic (exact) mass is 455 g/mol. The highest BCUT2D eigenvalue weighted by atomic mass is 35.5. The second kappa shape index (κ2) is 8.70. The fourth-order valence-corrected chi connectivity index (χ4v) is 4.88. The zero-order chi connectivity index (χ0) is 22.9. The first-order valence-corrected chi connectivity index (χ1v) is 11.8. The Morgan fingerprint density at radius 2 is 1.09 bits per heavy atom. The van der Waals surface area contributed by atoms with Crippen LogP contribution >= 0.6 is 11.6 Å². The Bertz CT molecular complexity index is 1600. The van der Waals surface area contributed by atoms with Gasteiger partial charge in [0, 0.05) is 21.8 Å². The third-order valence-electron chi connectivity index (χ3n) is 6.29. The summed E-state index contributed by atoms with van der Waals surface area (Å²) in [6, 6.07) is 46.8. The number of rotatable bonds is 4. The lowest BCUT2D eigenvalue weighted by Crippen LogP contribution is -2.10. The van der Waals surface area contributed by atoms with Gasteiger partial charge in [0.2, 0.25) is 0 Å². The molecule has 34 heavy (non-hydrogen) atoms. The maximum absolute atomic E-state index is 6.46. The summed E-state index contributed by atoms with van der Waals surface area (Å²) in [4.78, 5) is 2.30. The maximum Gasteiger partial charge on any atom is 0.0546 e. The summed E-state index contributed by atoms with van der Waals surface area (Å²) in [5.41, 5.74) is 5.64. The van der Waals surface area contributed by atoms with Crippen molar-refractivity contribution in [2.24, 2.45) is 0 Å². The predicted octanol–water partition coefficient (Wildman–Crippen LogP) is 9.78. The Labute approximate surface area is 204 Å². The van der Waals surface area contributed by atoms with Crippen LogP contribution in [0.3, 0.4) is 0 Å². The molecule has 2 heteroatoms. The lowest BCUT2D eigenvalue weighted by atomic mass is 9.98. The van der Waals surface area contributed by atoms with Crippen LogP contribution in [-0.2, 0) is 0 Å². The molecule has 6 aromatic carbocycles. The van der Waals surface area contributed by atoms with Crippen LogP contribution in [0.4, 0.5) is 17.1 Å². The van der Waals surface area contributed by atoms with Crippen molar-refractivity contribution in [1.29, 1.82) is 0 Å². The van der Waals surface area contributed by atoms with Crippen LogP contribution in [0.2, 0.25) is 5.02 Å². The van der Waals surface area contributed by atoms with Gasteiger partial charge in [-0.05, 0) is 63.7 Å². The van der Waals surface area contributed by atoms with E-state index in [4.69, 9.17) is 11.6 Å². The molecule has 162 valence electrons. The van der Waals surface area contributed by atoms with E-state index in [9.17, 15) is 0 Å². The third kappa shape index (κ3) is 3.71. The molecule has 0 amide bonds. The van der Waals surface area contributed by atoms with E-state index in [1.807, 2.05) is 24.3 Å². The summed E-state index contributed by atoms with van der Waals surface area (Å²) in [5, 5.41) is 5.63. The Balaban J connectivity index is 1.59. The Morgan fingerprint density at radius 1 is 0.441 bits per heavy atom. The molecule has 0 aliphatic carbocycles. The predicted molar refractivity (Wildman–Crippen MR) is 147 cm³/mol. The number of benzene rings is 6. The number of nitrogens with zero attached hydrogens (tertiary/aromatic N) is 1. The van der Waals surface area contributed by atoms with E-state index in [1.165, 1.54) is 32.7 Å². The molecule has 1 nitrogen and oxygen atoms in total. The Morgan fingerprint density at radius 3 is 1.85 bits per heavy atom. The van der Waals surface area contributed by atoms with Crippen LogP contribution in [0.25, 0.3) is 32.7 Å². The number of fused-ring (bicyclic) bond motifs is 3. The molecule has 0 saturated heterocycles. The Hall–Kier alpha value is -4.07. The van der Waals surface area contributed by atoms with Crippen LogP contribution in [0.1, 0.15) is 0 Å². The van der Waals surface area contributed by atoms with E-state index in [0.29, 0.717) is 5.02 Å². The van der Waals surface area contributed by atoms with E-state index in [0.717, 1.165) is 17.1 Å². The summed E-state index contributed by atoms with van der Waals surface area (Å²) < 4.78 is 0. The van der Waals surface area contributed by atoms with E-state index in [2.05, 4.69) is 114 Å². The van der Waals surface area contributed by atoms with E-state index in [1.54, 1.807) is 0 Å². The normalized spacial score (nSPS) is 11.1. The fraction of sp³-hybridized carbons (Fsp3) is 0. The molecule has 0 bridgehead atoms. The van der Waals surface area contributed by atoms with Crippen molar-refractivity contribution in [2.45, 2.75) is 0 Å². The molecule has 0 radical (unpaired) electrons. The first kappa shape index (κ1) is 20.5. The zero-order valence-corrected chi connectivity index (χ0v) is 19.3. The molecule has 6 rings (SSSR count). The topological polar surface area (TPSA) is 3.24 Å². The summed E-state index contributed by atoms with van der Waals surface area (Å²) in [6.45, 7) is 0. The van der Waals surface area contributed by atoms with Crippen molar-refractivity contribution in [3.8, 4) is 11.1 Å². The molecule has 0 heterocycles. The molecule has 0 N–H and O–H groups in total. The highest BCUT2D eigenvalue weighted by molar-refractivity contribution is 6.31. The minimum atomic E-state index is 0.716. The number of halogens is 1. The van der Waals surface area contributed by atoms with E-state index >= 15 is 0 Å². The van der Waals surface area contributed by atoms with Crippen molar-refractivity contribution < 1.29 is 0 Å². The van der Waals surface area contributed by atoms with Gasteiger partial charge in [-0.15, -0.1) is 0 Å². The molecule has 0 aromatic heterocycles. The standard InChI is InChI=1S/C32H22ClN/c33-26-12-8-13-28(22-26)34(27-19-17-24(18-20-27)23-9-2-1-3-10-23)32-21-25-11-4-5-14-29(25)30-15-6-7-16-31(30)32/h1-22H. The molecular formula is C32H22ClN. The molecule has 0 aliphatic rings. The molecule has 0 aliphatic heterocycles. The fourth-order valence-electron chi connectivity index (χ4n) is 4.70. The molecule has 0 atom stereocenters. The highest BCUT2D eigenvalue weighted by Gasteiger charge is 2.17. The van der Waals surface area contributed by atoms with Gasteiger partial charge in [0.15, 0.2) is 0 Å². The molecule has 6 aromatic rings. The van der Waals surface area contributed by atoms with Crippen LogP contribution in [0, 0.1) is 0 Å². The van der Waals surface area contributed by atoms with Gasteiger partial charge in [-0.1, -0.05) is 109 Å². The van der Waals surface area contributed by atoms with Crippen molar-refractivity contribution in [3.05, 3.63) is 138 Å². The first-order valence-electron chi connectivity index (χ1n) is 11.4. The summed E-state index contributed by atoms with van der Waals surface area (Å²) in [7, 11) is 0. The molecule has 0 fully saturated rings. The van der Waals surface area contributed by atoms with Gasteiger partial charge in [0.05, 0.1) is 5.69 Å². The van der Waals surface area contributed by atoms with Gasteiger partial charge in [-0.2, -0.15) is 0 Å². The minimum absolute atomic E-state index is 0.716.